The topological polar surface area (TPSA) is 58.2 Å². The van der Waals surface area contributed by atoms with Crippen LogP contribution in [0, 0.1) is 0 Å². The van der Waals surface area contributed by atoms with Crippen LogP contribution in [0.15, 0.2) is 24.3 Å². The summed E-state index contributed by atoms with van der Waals surface area (Å²) in [6.07, 6.45) is 3.64. The van der Waals surface area contributed by atoms with Crippen molar-refractivity contribution in [2.45, 2.75) is 32.6 Å². The number of carbonyl (C=O) groups excluding carboxylic acids is 2. The van der Waals surface area contributed by atoms with Gasteiger partial charge < -0.3 is 10.6 Å². The first-order chi connectivity index (χ1) is 8.67. The number of amides is 2. The maximum absolute atomic E-state index is 11.6. The Morgan fingerprint density at radius 1 is 1.11 bits per heavy atom. The first kappa shape index (κ1) is 14.2. The van der Waals surface area contributed by atoms with Crippen molar-refractivity contribution in [1.82, 2.24) is 5.32 Å². The number of hydrogen-bond acceptors (Lipinski definition) is 2. The molecule has 0 saturated heterocycles. The normalized spacial score (nSPS) is 9.89. The van der Waals surface area contributed by atoms with Gasteiger partial charge in [-0.3, -0.25) is 9.59 Å². The number of benzene rings is 1. The van der Waals surface area contributed by atoms with Crippen LogP contribution in [0.2, 0.25) is 0 Å². The third-order valence-corrected chi connectivity index (χ3v) is 2.67. The van der Waals surface area contributed by atoms with Gasteiger partial charge in [0.25, 0.3) is 5.91 Å². The quantitative estimate of drug-likeness (QED) is 0.760. The van der Waals surface area contributed by atoms with E-state index in [4.69, 9.17) is 0 Å². The highest BCUT2D eigenvalue weighted by Crippen LogP contribution is 2.10. The van der Waals surface area contributed by atoms with Crippen molar-refractivity contribution in [2.24, 2.45) is 0 Å². The minimum absolute atomic E-state index is 0.0242. The van der Waals surface area contributed by atoms with Crippen LogP contribution in [0.3, 0.4) is 0 Å². The summed E-state index contributed by atoms with van der Waals surface area (Å²) in [7, 11) is 1.59. The lowest BCUT2D eigenvalue weighted by molar-refractivity contribution is -0.116. The third-order valence-electron chi connectivity index (χ3n) is 2.67. The molecule has 4 nitrogen and oxygen atoms in total. The molecule has 1 aromatic carbocycles. The van der Waals surface area contributed by atoms with Crippen LogP contribution in [-0.2, 0) is 4.79 Å². The van der Waals surface area contributed by atoms with Crippen LogP contribution >= 0.6 is 0 Å². The number of carbonyl (C=O) groups is 2. The fourth-order valence-electron chi connectivity index (χ4n) is 1.61. The molecular formula is C14H20N2O2. The van der Waals surface area contributed by atoms with Crippen LogP contribution < -0.4 is 10.6 Å². The molecule has 0 saturated carbocycles. The molecule has 2 amide bonds. The van der Waals surface area contributed by atoms with Crippen molar-refractivity contribution >= 4 is 17.5 Å². The Balaban J connectivity index is 2.48. The Bertz CT molecular complexity index is 399. The van der Waals surface area contributed by atoms with Gasteiger partial charge in [0.1, 0.15) is 0 Å². The molecule has 0 aliphatic heterocycles. The summed E-state index contributed by atoms with van der Waals surface area (Å²) in [5, 5.41) is 5.36. The van der Waals surface area contributed by atoms with Crippen molar-refractivity contribution in [2.75, 3.05) is 12.4 Å². The highest BCUT2D eigenvalue weighted by atomic mass is 16.2. The Kier molecular flexibility index (Phi) is 5.91. The van der Waals surface area contributed by atoms with E-state index in [0.29, 0.717) is 12.0 Å². The Morgan fingerprint density at radius 2 is 1.78 bits per heavy atom. The summed E-state index contributed by atoms with van der Waals surface area (Å²) in [5.41, 5.74) is 1.31. The van der Waals surface area contributed by atoms with Gasteiger partial charge >= 0.3 is 0 Å². The summed E-state index contributed by atoms with van der Waals surface area (Å²) in [5.74, 6) is -0.105. The van der Waals surface area contributed by atoms with Gasteiger partial charge in [-0.15, -0.1) is 0 Å². The van der Waals surface area contributed by atoms with Gasteiger partial charge in [-0.05, 0) is 30.7 Å². The van der Waals surface area contributed by atoms with Gasteiger partial charge in [0.15, 0.2) is 0 Å². The Hall–Kier alpha value is -1.84. The predicted octanol–water partition coefficient (Wildman–Crippen LogP) is 2.57. The lowest BCUT2D eigenvalue weighted by atomic mass is 10.1. The van der Waals surface area contributed by atoms with E-state index >= 15 is 0 Å². The fourth-order valence-corrected chi connectivity index (χ4v) is 1.61. The molecule has 0 radical (unpaired) electrons. The number of unbranched alkanes of at least 4 members (excludes halogenated alkanes) is 2. The molecule has 0 unspecified atom stereocenters. The lowest BCUT2D eigenvalue weighted by Crippen LogP contribution is -2.17. The zero-order valence-corrected chi connectivity index (χ0v) is 11.0. The van der Waals surface area contributed by atoms with Crippen LogP contribution in [0.4, 0.5) is 5.69 Å². The zero-order chi connectivity index (χ0) is 13.4. The van der Waals surface area contributed by atoms with Crippen molar-refractivity contribution < 1.29 is 9.59 Å². The summed E-state index contributed by atoms with van der Waals surface area (Å²) >= 11 is 0. The van der Waals surface area contributed by atoms with Crippen molar-refractivity contribution in [1.29, 1.82) is 0 Å². The zero-order valence-electron chi connectivity index (χ0n) is 11.0. The van der Waals surface area contributed by atoms with E-state index in [1.165, 1.54) is 0 Å². The molecule has 1 aromatic rings. The summed E-state index contributed by atoms with van der Waals surface area (Å²) in [6.45, 7) is 2.11. The maximum atomic E-state index is 11.6. The largest absolute Gasteiger partial charge is 0.355 e. The molecular weight excluding hydrogens is 228 g/mol. The second kappa shape index (κ2) is 7.48. The Morgan fingerprint density at radius 3 is 2.33 bits per heavy atom. The second-order valence-electron chi connectivity index (χ2n) is 4.16. The molecule has 0 heterocycles. The van der Waals surface area contributed by atoms with E-state index in [1.807, 2.05) is 0 Å². The van der Waals surface area contributed by atoms with Gasteiger partial charge in [0.2, 0.25) is 5.91 Å². The van der Waals surface area contributed by atoms with Crippen LogP contribution in [0.5, 0.6) is 0 Å². The summed E-state index contributed by atoms with van der Waals surface area (Å²) in [4.78, 5) is 22.9. The minimum Gasteiger partial charge on any atom is -0.355 e. The standard InChI is InChI=1S/C14H20N2O2/c1-3-4-5-6-13(17)16-12-9-7-11(8-10-12)14(18)15-2/h7-10H,3-6H2,1-2H3,(H,15,18)(H,16,17). The predicted molar refractivity (Wildman–Crippen MR) is 72.6 cm³/mol. The van der Waals surface area contributed by atoms with Gasteiger partial charge in [-0.1, -0.05) is 19.8 Å². The highest BCUT2D eigenvalue weighted by Gasteiger charge is 2.04. The molecule has 2 N–H and O–H groups in total. The van der Waals surface area contributed by atoms with Gasteiger partial charge in [0.05, 0.1) is 0 Å². The first-order valence-corrected chi connectivity index (χ1v) is 6.29. The molecule has 0 spiro atoms. The Labute approximate surface area is 108 Å². The van der Waals surface area contributed by atoms with E-state index in [-0.39, 0.29) is 11.8 Å². The number of rotatable bonds is 6. The van der Waals surface area contributed by atoms with Gasteiger partial charge in [-0.2, -0.15) is 0 Å². The molecule has 0 aliphatic rings. The van der Waals surface area contributed by atoms with E-state index in [0.717, 1.165) is 24.9 Å². The van der Waals surface area contributed by atoms with E-state index in [1.54, 1.807) is 31.3 Å². The molecule has 0 bridgehead atoms. The first-order valence-electron chi connectivity index (χ1n) is 6.29. The van der Waals surface area contributed by atoms with E-state index < -0.39 is 0 Å². The van der Waals surface area contributed by atoms with E-state index in [2.05, 4.69) is 17.6 Å². The van der Waals surface area contributed by atoms with Gasteiger partial charge in [0, 0.05) is 24.7 Å². The number of anilines is 1. The van der Waals surface area contributed by atoms with Crippen molar-refractivity contribution in [3.05, 3.63) is 29.8 Å². The molecule has 0 fully saturated rings. The van der Waals surface area contributed by atoms with Gasteiger partial charge in [-0.25, -0.2) is 0 Å². The second-order valence-corrected chi connectivity index (χ2v) is 4.16. The molecule has 18 heavy (non-hydrogen) atoms. The fraction of sp³-hybridized carbons (Fsp3) is 0.429. The average Bonchev–Trinajstić information content (AvgIpc) is 2.39. The summed E-state index contributed by atoms with van der Waals surface area (Å²) in [6, 6.07) is 6.87. The van der Waals surface area contributed by atoms with Crippen molar-refractivity contribution in [3.63, 3.8) is 0 Å². The lowest BCUT2D eigenvalue weighted by Gasteiger charge is -2.06. The molecule has 98 valence electrons. The third kappa shape index (κ3) is 4.57. The molecule has 0 aromatic heterocycles. The smallest absolute Gasteiger partial charge is 0.251 e. The van der Waals surface area contributed by atoms with E-state index in [9.17, 15) is 9.59 Å². The average molecular weight is 248 g/mol. The molecule has 4 heteroatoms. The van der Waals surface area contributed by atoms with Crippen LogP contribution in [0.1, 0.15) is 43.0 Å². The maximum Gasteiger partial charge on any atom is 0.251 e. The highest BCUT2D eigenvalue weighted by molar-refractivity contribution is 5.95. The monoisotopic (exact) mass is 248 g/mol. The molecule has 0 aliphatic carbocycles. The molecule has 1 rings (SSSR count). The van der Waals surface area contributed by atoms with Crippen LogP contribution in [-0.4, -0.2) is 18.9 Å². The SMILES string of the molecule is CCCCCC(=O)Nc1ccc(C(=O)NC)cc1. The molecule has 0 atom stereocenters. The number of nitrogens with one attached hydrogen (secondary N) is 2. The number of hydrogen-bond donors (Lipinski definition) is 2. The van der Waals surface area contributed by atoms with Crippen LogP contribution in [0.25, 0.3) is 0 Å². The summed E-state index contributed by atoms with van der Waals surface area (Å²) < 4.78 is 0. The minimum atomic E-state index is -0.129. The van der Waals surface area contributed by atoms with Crippen molar-refractivity contribution in [3.8, 4) is 0 Å².